The first kappa shape index (κ1) is 15.1. The largest absolute Gasteiger partial charge is 0.313 e. The molecule has 0 unspecified atom stereocenters. The minimum absolute atomic E-state index is 0.825. The molecule has 2 aromatic carbocycles. The Labute approximate surface area is 127 Å². The molecule has 0 saturated carbocycles. The van der Waals surface area contributed by atoms with Crippen molar-refractivity contribution in [3.63, 3.8) is 0 Å². The van der Waals surface area contributed by atoms with E-state index < -0.39 is 0 Å². The van der Waals surface area contributed by atoms with Gasteiger partial charge in [-0.15, -0.1) is 0 Å². The summed E-state index contributed by atoms with van der Waals surface area (Å²) in [5.74, 6) is 0. The zero-order valence-corrected chi connectivity index (χ0v) is 13.2. The first-order valence-corrected chi connectivity index (χ1v) is 7.56. The summed E-state index contributed by atoms with van der Waals surface area (Å²) in [6.45, 7) is 8.29. The Hall–Kier alpha value is -1.31. The highest BCUT2D eigenvalue weighted by Gasteiger charge is 2.06. The van der Waals surface area contributed by atoms with Gasteiger partial charge in [0, 0.05) is 11.6 Å². The van der Waals surface area contributed by atoms with Gasteiger partial charge in [0.05, 0.1) is 0 Å². The first-order chi connectivity index (χ1) is 9.61. The Kier molecular flexibility index (Phi) is 5.22. The summed E-state index contributed by atoms with van der Waals surface area (Å²) >= 11 is 6.29. The lowest BCUT2D eigenvalue weighted by molar-refractivity contribution is 0.676. The van der Waals surface area contributed by atoms with Gasteiger partial charge in [-0.25, -0.2) is 0 Å². The van der Waals surface area contributed by atoms with Crippen LogP contribution in [0.2, 0.25) is 5.02 Å². The molecule has 0 aliphatic rings. The second kappa shape index (κ2) is 6.92. The van der Waals surface area contributed by atoms with Crippen LogP contribution in [0.4, 0.5) is 0 Å². The van der Waals surface area contributed by atoms with Crippen molar-refractivity contribution in [3.05, 3.63) is 58.1 Å². The van der Waals surface area contributed by atoms with E-state index in [2.05, 4.69) is 56.4 Å². The Morgan fingerprint density at radius 3 is 2.60 bits per heavy atom. The number of nitrogens with one attached hydrogen (secondary N) is 1. The van der Waals surface area contributed by atoms with Crippen molar-refractivity contribution in [1.82, 2.24) is 5.32 Å². The van der Waals surface area contributed by atoms with Gasteiger partial charge < -0.3 is 5.32 Å². The van der Waals surface area contributed by atoms with Crippen LogP contribution in [0.3, 0.4) is 0 Å². The average Bonchev–Trinajstić information content (AvgIpc) is 2.44. The number of benzene rings is 2. The molecule has 0 bridgehead atoms. The summed E-state index contributed by atoms with van der Waals surface area (Å²) in [4.78, 5) is 0. The summed E-state index contributed by atoms with van der Waals surface area (Å²) < 4.78 is 0. The van der Waals surface area contributed by atoms with Crippen LogP contribution in [-0.2, 0) is 6.54 Å². The Bertz CT molecular complexity index is 590. The van der Waals surface area contributed by atoms with Crippen molar-refractivity contribution < 1.29 is 0 Å². The fourth-order valence-electron chi connectivity index (χ4n) is 2.32. The molecular weight excluding hydrogens is 266 g/mol. The standard InChI is InChI=1S/C18H22ClN/c1-4-9-20-12-16-11-15(7-8-18(16)19)17-10-13(2)5-6-14(17)3/h5-8,10-11,20H,4,9,12H2,1-3H3. The van der Waals surface area contributed by atoms with Crippen LogP contribution in [0, 0.1) is 13.8 Å². The molecule has 0 amide bonds. The lowest BCUT2D eigenvalue weighted by Crippen LogP contribution is -2.14. The van der Waals surface area contributed by atoms with E-state index in [1.807, 2.05) is 6.07 Å². The normalized spacial score (nSPS) is 10.8. The molecule has 2 aromatic rings. The predicted octanol–water partition coefficient (Wildman–Crippen LogP) is 5.12. The van der Waals surface area contributed by atoms with E-state index in [0.29, 0.717) is 0 Å². The highest BCUT2D eigenvalue weighted by atomic mass is 35.5. The van der Waals surface area contributed by atoms with E-state index >= 15 is 0 Å². The summed E-state index contributed by atoms with van der Waals surface area (Å²) in [6.07, 6.45) is 1.13. The molecule has 2 rings (SSSR count). The van der Waals surface area contributed by atoms with Crippen LogP contribution < -0.4 is 5.32 Å². The second-order valence-corrected chi connectivity index (χ2v) is 5.71. The number of halogens is 1. The maximum atomic E-state index is 6.29. The monoisotopic (exact) mass is 287 g/mol. The molecule has 1 N–H and O–H groups in total. The molecule has 0 saturated heterocycles. The van der Waals surface area contributed by atoms with Crippen molar-refractivity contribution in [2.24, 2.45) is 0 Å². The number of hydrogen-bond acceptors (Lipinski definition) is 1. The molecule has 0 aliphatic heterocycles. The van der Waals surface area contributed by atoms with E-state index in [1.165, 1.54) is 27.8 Å². The molecule has 0 atom stereocenters. The second-order valence-electron chi connectivity index (χ2n) is 5.30. The summed E-state index contributed by atoms with van der Waals surface area (Å²) in [6, 6.07) is 12.9. The lowest BCUT2D eigenvalue weighted by atomic mass is 9.97. The molecule has 0 aromatic heterocycles. The summed E-state index contributed by atoms with van der Waals surface area (Å²) in [5, 5.41) is 4.25. The quantitative estimate of drug-likeness (QED) is 0.752. The van der Waals surface area contributed by atoms with Crippen LogP contribution in [0.25, 0.3) is 11.1 Å². The van der Waals surface area contributed by atoms with Gasteiger partial charge >= 0.3 is 0 Å². The molecule has 20 heavy (non-hydrogen) atoms. The van der Waals surface area contributed by atoms with Crippen molar-refractivity contribution in [2.45, 2.75) is 33.7 Å². The Morgan fingerprint density at radius 1 is 1.05 bits per heavy atom. The molecule has 0 fully saturated rings. The van der Waals surface area contributed by atoms with E-state index in [9.17, 15) is 0 Å². The maximum absolute atomic E-state index is 6.29. The highest BCUT2D eigenvalue weighted by Crippen LogP contribution is 2.28. The zero-order chi connectivity index (χ0) is 14.5. The number of rotatable bonds is 5. The number of hydrogen-bond donors (Lipinski definition) is 1. The molecule has 106 valence electrons. The minimum Gasteiger partial charge on any atom is -0.313 e. The van der Waals surface area contributed by atoms with Crippen molar-refractivity contribution in [2.75, 3.05) is 6.54 Å². The van der Waals surface area contributed by atoms with Gasteiger partial charge in [-0.3, -0.25) is 0 Å². The van der Waals surface area contributed by atoms with Crippen LogP contribution >= 0.6 is 11.6 Å². The molecule has 0 radical (unpaired) electrons. The van der Waals surface area contributed by atoms with Gasteiger partial charge in [0.15, 0.2) is 0 Å². The highest BCUT2D eigenvalue weighted by molar-refractivity contribution is 6.31. The summed E-state index contributed by atoms with van der Waals surface area (Å²) in [7, 11) is 0. The third kappa shape index (κ3) is 3.62. The SMILES string of the molecule is CCCNCc1cc(-c2cc(C)ccc2C)ccc1Cl. The van der Waals surface area contributed by atoms with Gasteiger partial charge in [0.2, 0.25) is 0 Å². The Balaban J connectivity index is 2.33. The fourth-order valence-corrected chi connectivity index (χ4v) is 2.51. The van der Waals surface area contributed by atoms with Crippen LogP contribution in [0.15, 0.2) is 36.4 Å². The molecular formula is C18H22ClN. The zero-order valence-electron chi connectivity index (χ0n) is 12.5. The fraction of sp³-hybridized carbons (Fsp3) is 0.333. The first-order valence-electron chi connectivity index (χ1n) is 7.18. The molecule has 0 spiro atoms. The summed E-state index contributed by atoms with van der Waals surface area (Å²) in [5.41, 5.74) is 6.28. The van der Waals surface area contributed by atoms with Crippen molar-refractivity contribution >= 4 is 11.6 Å². The smallest absolute Gasteiger partial charge is 0.0451 e. The van der Waals surface area contributed by atoms with Crippen LogP contribution in [-0.4, -0.2) is 6.54 Å². The van der Waals surface area contributed by atoms with Crippen molar-refractivity contribution in [1.29, 1.82) is 0 Å². The van der Waals surface area contributed by atoms with Crippen LogP contribution in [0.1, 0.15) is 30.0 Å². The van der Waals surface area contributed by atoms with Gasteiger partial charge in [0.1, 0.15) is 0 Å². The lowest BCUT2D eigenvalue weighted by Gasteiger charge is -2.11. The third-order valence-corrected chi connectivity index (χ3v) is 3.86. The van der Waals surface area contributed by atoms with Crippen LogP contribution in [0.5, 0.6) is 0 Å². The van der Waals surface area contributed by atoms with E-state index in [0.717, 1.165) is 24.5 Å². The van der Waals surface area contributed by atoms with Gasteiger partial charge in [-0.2, -0.15) is 0 Å². The predicted molar refractivity (Wildman–Crippen MR) is 88.4 cm³/mol. The van der Waals surface area contributed by atoms with Crippen molar-refractivity contribution in [3.8, 4) is 11.1 Å². The third-order valence-electron chi connectivity index (χ3n) is 3.49. The average molecular weight is 288 g/mol. The maximum Gasteiger partial charge on any atom is 0.0451 e. The molecule has 0 aliphatic carbocycles. The van der Waals surface area contributed by atoms with Gasteiger partial charge in [0.25, 0.3) is 0 Å². The van der Waals surface area contributed by atoms with E-state index in [-0.39, 0.29) is 0 Å². The van der Waals surface area contributed by atoms with E-state index in [4.69, 9.17) is 11.6 Å². The topological polar surface area (TPSA) is 12.0 Å². The molecule has 1 nitrogen and oxygen atoms in total. The van der Waals surface area contributed by atoms with Gasteiger partial charge in [-0.05, 0) is 61.2 Å². The molecule has 2 heteroatoms. The number of aryl methyl sites for hydroxylation is 2. The van der Waals surface area contributed by atoms with E-state index in [1.54, 1.807) is 0 Å². The van der Waals surface area contributed by atoms with Gasteiger partial charge in [-0.1, -0.05) is 48.4 Å². The minimum atomic E-state index is 0.825. The Morgan fingerprint density at radius 2 is 1.85 bits per heavy atom. The molecule has 0 heterocycles.